The van der Waals surface area contributed by atoms with Crippen LogP contribution in [0.1, 0.15) is 28.9 Å². The molecule has 2 rings (SSSR count). The first-order valence-corrected chi connectivity index (χ1v) is 7.34. The lowest BCUT2D eigenvalue weighted by Crippen LogP contribution is -2.31. The van der Waals surface area contributed by atoms with Gasteiger partial charge in [0.2, 0.25) is 0 Å². The van der Waals surface area contributed by atoms with Crippen LogP contribution in [0.15, 0.2) is 48.5 Å². The maximum absolute atomic E-state index is 12.9. The summed E-state index contributed by atoms with van der Waals surface area (Å²) in [5, 5.41) is 13.0. The summed E-state index contributed by atoms with van der Waals surface area (Å²) in [5.41, 5.74) is 0.452. The minimum absolute atomic E-state index is 0.0635. The minimum Gasteiger partial charge on any atom is -0.456 e. The van der Waals surface area contributed by atoms with Gasteiger partial charge in [-0.2, -0.15) is 0 Å². The Labute approximate surface area is 142 Å². The van der Waals surface area contributed by atoms with Gasteiger partial charge in [-0.25, -0.2) is 4.39 Å². The Morgan fingerprint density at radius 3 is 2.56 bits per heavy atom. The largest absolute Gasteiger partial charge is 0.456 e. The van der Waals surface area contributed by atoms with Gasteiger partial charge >= 0.3 is 5.97 Å². The predicted molar refractivity (Wildman–Crippen MR) is 86.3 cm³/mol. The predicted octanol–water partition coefficient (Wildman–Crippen LogP) is 2.77. The Bertz CT molecular complexity index is 792. The number of nitro benzene ring substituents is 1. The first-order valence-electron chi connectivity index (χ1n) is 7.34. The van der Waals surface area contributed by atoms with E-state index in [1.165, 1.54) is 42.5 Å². The maximum Gasteiger partial charge on any atom is 0.326 e. The molecule has 0 aliphatic heterocycles. The number of nitro groups is 1. The van der Waals surface area contributed by atoms with Gasteiger partial charge < -0.3 is 10.1 Å². The lowest BCUT2D eigenvalue weighted by molar-refractivity contribution is -0.384. The van der Waals surface area contributed by atoms with Crippen LogP contribution < -0.4 is 5.32 Å². The van der Waals surface area contributed by atoms with E-state index < -0.39 is 35.3 Å². The summed E-state index contributed by atoms with van der Waals surface area (Å²) in [4.78, 5) is 33.8. The number of ether oxygens (including phenoxy) is 1. The van der Waals surface area contributed by atoms with Crippen LogP contribution in [-0.4, -0.2) is 23.3 Å². The number of halogens is 1. The highest BCUT2D eigenvalue weighted by Crippen LogP contribution is 2.17. The van der Waals surface area contributed by atoms with Crippen LogP contribution in [-0.2, 0) is 9.53 Å². The number of esters is 1. The molecule has 8 heteroatoms. The van der Waals surface area contributed by atoms with Crippen molar-refractivity contribution in [1.29, 1.82) is 0 Å². The fourth-order valence-corrected chi connectivity index (χ4v) is 2.06. The smallest absolute Gasteiger partial charge is 0.326 e. The highest BCUT2D eigenvalue weighted by atomic mass is 19.1. The SMILES string of the molecule is C[C@@H](OC(=O)CNC(=O)c1cccc([N+](=O)[O-])c1)c1ccc(F)cc1. The van der Waals surface area contributed by atoms with Crippen molar-refractivity contribution in [2.24, 2.45) is 0 Å². The number of amides is 1. The molecular weight excluding hydrogens is 331 g/mol. The summed E-state index contributed by atoms with van der Waals surface area (Å²) in [6.07, 6.45) is -0.609. The molecule has 0 saturated carbocycles. The second-order valence-corrected chi connectivity index (χ2v) is 5.17. The molecule has 0 radical (unpaired) electrons. The molecule has 1 amide bonds. The van der Waals surface area contributed by atoms with Gasteiger partial charge in [0.05, 0.1) is 4.92 Å². The molecule has 0 saturated heterocycles. The van der Waals surface area contributed by atoms with Crippen molar-refractivity contribution in [2.75, 3.05) is 6.54 Å². The van der Waals surface area contributed by atoms with E-state index in [2.05, 4.69) is 5.32 Å². The van der Waals surface area contributed by atoms with E-state index in [9.17, 15) is 24.1 Å². The van der Waals surface area contributed by atoms with Gasteiger partial charge in [-0.1, -0.05) is 18.2 Å². The fourth-order valence-electron chi connectivity index (χ4n) is 2.06. The van der Waals surface area contributed by atoms with Crippen molar-refractivity contribution in [2.45, 2.75) is 13.0 Å². The molecule has 0 aliphatic rings. The van der Waals surface area contributed by atoms with E-state index in [1.807, 2.05) is 0 Å². The molecule has 2 aromatic carbocycles. The summed E-state index contributed by atoms with van der Waals surface area (Å²) in [5.74, 6) is -1.71. The van der Waals surface area contributed by atoms with Crippen molar-refractivity contribution >= 4 is 17.6 Å². The number of hydrogen-bond donors (Lipinski definition) is 1. The Hall–Kier alpha value is -3.29. The van der Waals surface area contributed by atoms with Crippen LogP contribution >= 0.6 is 0 Å². The normalized spacial score (nSPS) is 11.4. The van der Waals surface area contributed by atoms with Crippen LogP contribution in [0.25, 0.3) is 0 Å². The van der Waals surface area contributed by atoms with Crippen molar-refractivity contribution in [3.63, 3.8) is 0 Å². The van der Waals surface area contributed by atoms with E-state index in [-0.39, 0.29) is 11.3 Å². The summed E-state index contributed by atoms with van der Waals surface area (Å²) in [6, 6.07) is 10.6. The maximum atomic E-state index is 12.9. The Balaban J connectivity index is 1.89. The van der Waals surface area contributed by atoms with Crippen molar-refractivity contribution in [3.8, 4) is 0 Å². The monoisotopic (exact) mass is 346 g/mol. The van der Waals surface area contributed by atoms with Gasteiger partial charge in [-0.3, -0.25) is 19.7 Å². The van der Waals surface area contributed by atoms with Gasteiger partial charge in [0.15, 0.2) is 0 Å². The average Bonchev–Trinajstić information content (AvgIpc) is 2.60. The molecular formula is C17H15FN2O5. The van der Waals surface area contributed by atoms with Crippen LogP contribution in [0.2, 0.25) is 0 Å². The van der Waals surface area contributed by atoms with Gasteiger partial charge in [0.25, 0.3) is 11.6 Å². The number of nitrogens with zero attached hydrogens (tertiary/aromatic N) is 1. The molecule has 0 bridgehead atoms. The van der Waals surface area contributed by atoms with Crippen LogP contribution in [0.5, 0.6) is 0 Å². The van der Waals surface area contributed by atoms with Crippen molar-refractivity contribution < 1.29 is 23.6 Å². The number of carbonyl (C=O) groups is 2. The highest BCUT2D eigenvalue weighted by Gasteiger charge is 2.15. The molecule has 1 N–H and O–H groups in total. The molecule has 130 valence electrons. The van der Waals surface area contributed by atoms with Crippen molar-refractivity contribution in [3.05, 3.63) is 75.6 Å². The Morgan fingerprint density at radius 1 is 1.24 bits per heavy atom. The topological polar surface area (TPSA) is 98.5 Å². The molecule has 0 unspecified atom stereocenters. The first kappa shape index (κ1) is 18.1. The Kier molecular flexibility index (Phi) is 5.78. The summed E-state index contributed by atoms with van der Waals surface area (Å²) in [6.45, 7) is 1.22. The lowest BCUT2D eigenvalue weighted by atomic mass is 10.1. The highest BCUT2D eigenvalue weighted by molar-refractivity contribution is 5.96. The second kappa shape index (κ2) is 8.00. The molecule has 0 heterocycles. The number of non-ortho nitro benzene ring substituents is 1. The lowest BCUT2D eigenvalue weighted by Gasteiger charge is -2.14. The van der Waals surface area contributed by atoms with Gasteiger partial charge in [0.1, 0.15) is 18.5 Å². The molecule has 0 aromatic heterocycles. The number of rotatable bonds is 6. The number of carbonyl (C=O) groups excluding carboxylic acids is 2. The van der Waals surface area contributed by atoms with Crippen LogP contribution in [0.3, 0.4) is 0 Å². The molecule has 25 heavy (non-hydrogen) atoms. The standard InChI is InChI=1S/C17H15FN2O5/c1-11(12-5-7-14(18)8-6-12)25-16(21)10-19-17(22)13-3-2-4-15(9-13)20(23)24/h2-9,11H,10H2,1H3,(H,19,22)/t11-/m1/s1. The fraction of sp³-hybridized carbons (Fsp3) is 0.176. The van der Waals surface area contributed by atoms with Gasteiger partial charge in [0, 0.05) is 17.7 Å². The third-order valence-electron chi connectivity index (χ3n) is 3.36. The summed E-state index contributed by atoms with van der Waals surface area (Å²) < 4.78 is 18.0. The first-order chi connectivity index (χ1) is 11.9. The van der Waals surface area contributed by atoms with Crippen LogP contribution in [0, 0.1) is 15.9 Å². The number of hydrogen-bond acceptors (Lipinski definition) is 5. The quantitative estimate of drug-likeness (QED) is 0.493. The summed E-state index contributed by atoms with van der Waals surface area (Å²) in [7, 11) is 0. The summed E-state index contributed by atoms with van der Waals surface area (Å²) >= 11 is 0. The number of benzene rings is 2. The minimum atomic E-state index is -0.685. The van der Waals surface area contributed by atoms with Crippen LogP contribution in [0.4, 0.5) is 10.1 Å². The van der Waals surface area contributed by atoms with E-state index in [0.717, 1.165) is 6.07 Å². The van der Waals surface area contributed by atoms with E-state index in [1.54, 1.807) is 6.92 Å². The number of nitrogens with one attached hydrogen (secondary N) is 1. The molecule has 1 atom stereocenters. The third-order valence-corrected chi connectivity index (χ3v) is 3.36. The third kappa shape index (κ3) is 5.10. The molecule has 0 fully saturated rings. The zero-order valence-corrected chi connectivity index (χ0v) is 13.3. The molecule has 7 nitrogen and oxygen atoms in total. The van der Waals surface area contributed by atoms with E-state index in [0.29, 0.717) is 5.56 Å². The van der Waals surface area contributed by atoms with Gasteiger partial charge in [-0.15, -0.1) is 0 Å². The van der Waals surface area contributed by atoms with Crippen molar-refractivity contribution in [1.82, 2.24) is 5.32 Å². The van der Waals surface area contributed by atoms with E-state index >= 15 is 0 Å². The zero-order chi connectivity index (χ0) is 18.4. The zero-order valence-electron chi connectivity index (χ0n) is 13.3. The Morgan fingerprint density at radius 2 is 1.92 bits per heavy atom. The van der Waals surface area contributed by atoms with E-state index in [4.69, 9.17) is 4.74 Å². The molecule has 0 aliphatic carbocycles. The van der Waals surface area contributed by atoms with Gasteiger partial charge in [-0.05, 0) is 30.7 Å². The average molecular weight is 346 g/mol. The second-order valence-electron chi connectivity index (χ2n) is 5.17. The molecule has 0 spiro atoms. The molecule has 2 aromatic rings.